The number of hydrogen-bond acceptors (Lipinski definition) is 5. The van der Waals surface area contributed by atoms with Crippen molar-refractivity contribution in [2.75, 3.05) is 5.73 Å². The highest BCUT2D eigenvalue weighted by Crippen LogP contribution is 2.09. The zero-order valence-corrected chi connectivity index (χ0v) is 12.6. The maximum Gasteiger partial charge on any atom is 0.261 e. The second-order valence-corrected chi connectivity index (χ2v) is 5.09. The largest absolute Gasteiger partial charge is 0.399 e. The number of hydrogen-bond donors (Lipinski definition) is 2. The van der Waals surface area contributed by atoms with E-state index in [1.54, 1.807) is 16.8 Å². The minimum absolute atomic E-state index is 0.0546. The molecule has 0 radical (unpaired) electrons. The van der Waals surface area contributed by atoms with Gasteiger partial charge in [0.15, 0.2) is 0 Å². The van der Waals surface area contributed by atoms with E-state index < -0.39 is 0 Å². The fourth-order valence-corrected chi connectivity index (χ4v) is 2.14. The van der Waals surface area contributed by atoms with Crippen LogP contribution in [0.1, 0.15) is 12.5 Å². The molecule has 0 saturated heterocycles. The van der Waals surface area contributed by atoms with E-state index in [1.165, 1.54) is 0 Å². The zero-order valence-electron chi connectivity index (χ0n) is 12.6. The normalized spacial score (nSPS) is 11.6. The van der Waals surface area contributed by atoms with Crippen LogP contribution in [0.15, 0.2) is 53.6 Å². The van der Waals surface area contributed by atoms with E-state index in [9.17, 15) is 4.79 Å². The third-order valence-electron chi connectivity index (χ3n) is 3.39. The number of hydrazone groups is 1. The van der Waals surface area contributed by atoms with E-state index in [4.69, 9.17) is 5.73 Å². The average Bonchev–Trinajstić information content (AvgIpc) is 2.96. The Bertz CT molecular complexity index is 866. The molecular weight excluding hydrogens is 292 g/mol. The third-order valence-corrected chi connectivity index (χ3v) is 3.39. The molecule has 0 saturated carbocycles. The number of para-hydroxylation sites is 1. The number of carbonyl (C=O) groups excluding carboxylic acids is 1. The van der Waals surface area contributed by atoms with Crippen LogP contribution >= 0.6 is 0 Å². The van der Waals surface area contributed by atoms with Crippen molar-refractivity contribution in [3.05, 3.63) is 54.1 Å². The number of rotatable bonds is 4. The maximum absolute atomic E-state index is 12.0. The van der Waals surface area contributed by atoms with Crippen molar-refractivity contribution >= 4 is 28.3 Å². The Hall–Kier alpha value is -3.22. The SMILES string of the molecule is C/C(=N/NC(=O)Cn1nnc2ccccc21)c1ccc(N)cc1. The Labute approximate surface area is 132 Å². The summed E-state index contributed by atoms with van der Waals surface area (Å²) < 4.78 is 1.54. The molecule has 1 amide bonds. The minimum atomic E-state index is -0.268. The van der Waals surface area contributed by atoms with Crippen molar-refractivity contribution in [2.24, 2.45) is 5.10 Å². The minimum Gasteiger partial charge on any atom is -0.399 e. The Kier molecular flexibility index (Phi) is 4.01. The van der Waals surface area contributed by atoms with Crippen LogP contribution < -0.4 is 11.2 Å². The van der Waals surface area contributed by atoms with E-state index in [1.807, 2.05) is 43.3 Å². The van der Waals surface area contributed by atoms with E-state index >= 15 is 0 Å². The van der Waals surface area contributed by atoms with E-state index in [0.717, 1.165) is 16.6 Å². The number of nitrogens with zero attached hydrogens (tertiary/aromatic N) is 4. The van der Waals surface area contributed by atoms with Crippen LogP contribution in [0.4, 0.5) is 5.69 Å². The zero-order chi connectivity index (χ0) is 16.2. The first-order valence-electron chi connectivity index (χ1n) is 7.11. The van der Waals surface area contributed by atoms with Crippen LogP contribution in [0, 0.1) is 0 Å². The van der Waals surface area contributed by atoms with Gasteiger partial charge in [0.05, 0.1) is 11.2 Å². The molecule has 0 aliphatic carbocycles. The summed E-state index contributed by atoms with van der Waals surface area (Å²) in [5.74, 6) is -0.268. The molecule has 116 valence electrons. The molecule has 7 heteroatoms. The number of amides is 1. The maximum atomic E-state index is 12.0. The lowest BCUT2D eigenvalue weighted by molar-refractivity contribution is -0.121. The van der Waals surface area contributed by atoms with Gasteiger partial charge in [-0.15, -0.1) is 5.10 Å². The van der Waals surface area contributed by atoms with Gasteiger partial charge in [-0.1, -0.05) is 29.5 Å². The molecule has 0 atom stereocenters. The summed E-state index contributed by atoms with van der Waals surface area (Å²) in [5.41, 5.74) is 12.0. The van der Waals surface area contributed by atoms with Gasteiger partial charge >= 0.3 is 0 Å². The summed E-state index contributed by atoms with van der Waals surface area (Å²) in [4.78, 5) is 12.0. The highest BCUT2D eigenvalue weighted by molar-refractivity contribution is 5.99. The highest BCUT2D eigenvalue weighted by Gasteiger charge is 2.08. The van der Waals surface area contributed by atoms with Crippen molar-refractivity contribution in [2.45, 2.75) is 13.5 Å². The lowest BCUT2D eigenvalue weighted by Crippen LogP contribution is -2.24. The summed E-state index contributed by atoms with van der Waals surface area (Å²) in [6.45, 7) is 1.87. The lowest BCUT2D eigenvalue weighted by atomic mass is 10.1. The standard InChI is InChI=1S/C16H16N6O/c1-11(12-6-8-13(17)9-7-12)18-20-16(23)10-22-15-5-3-2-4-14(15)19-21-22/h2-9H,10,17H2,1H3,(H,20,23)/b18-11-. The Morgan fingerprint density at radius 2 is 1.96 bits per heavy atom. The Morgan fingerprint density at radius 3 is 2.74 bits per heavy atom. The van der Waals surface area contributed by atoms with Crippen molar-refractivity contribution < 1.29 is 4.79 Å². The number of nitrogens with one attached hydrogen (secondary N) is 1. The lowest BCUT2D eigenvalue weighted by Gasteiger charge is -2.04. The number of nitrogens with two attached hydrogens (primary N) is 1. The molecule has 1 heterocycles. The van der Waals surface area contributed by atoms with Gasteiger partial charge in [0.25, 0.3) is 5.91 Å². The number of benzene rings is 2. The fourth-order valence-electron chi connectivity index (χ4n) is 2.14. The van der Waals surface area contributed by atoms with Crippen molar-refractivity contribution in [1.29, 1.82) is 0 Å². The molecule has 0 fully saturated rings. The Morgan fingerprint density at radius 1 is 1.22 bits per heavy atom. The van der Waals surface area contributed by atoms with E-state index in [-0.39, 0.29) is 12.5 Å². The first-order valence-corrected chi connectivity index (χ1v) is 7.11. The summed E-state index contributed by atoms with van der Waals surface area (Å²) in [6, 6.07) is 14.8. The van der Waals surface area contributed by atoms with Gasteiger partial charge in [0.2, 0.25) is 0 Å². The molecule has 3 aromatic rings. The second kappa shape index (κ2) is 6.27. The third kappa shape index (κ3) is 3.34. The van der Waals surface area contributed by atoms with Crippen LogP contribution in [0.2, 0.25) is 0 Å². The summed E-state index contributed by atoms with van der Waals surface area (Å²) in [7, 11) is 0. The quantitative estimate of drug-likeness (QED) is 0.434. The smallest absolute Gasteiger partial charge is 0.261 e. The molecule has 23 heavy (non-hydrogen) atoms. The summed E-state index contributed by atoms with van der Waals surface area (Å²) in [6.07, 6.45) is 0. The highest BCUT2D eigenvalue weighted by atomic mass is 16.2. The van der Waals surface area contributed by atoms with Crippen LogP contribution in [0.25, 0.3) is 11.0 Å². The average molecular weight is 308 g/mol. The van der Waals surface area contributed by atoms with Crippen LogP contribution in [0.3, 0.4) is 0 Å². The first kappa shape index (κ1) is 14.7. The van der Waals surface area contributed by atoms with Gasteiger partial charge < -0.3 is 5.73 Å². The second-order valence-electron chi connectivity index (χ2n) is 5.09. The number of nitrogen functional groups attached to an aromatic ring is 1. The van der Waals surface area contributed by atoms with Gasteiger partial charge in [-0.05, 0) is 36.8 Å². The van der Waals surface area contributed by atoms with Crippen molar-refractivity contribution in [3.63, 3.8) is 0 Å². The van der Waals surface area contributed by atoms with Crippen LogP contribution in [-0.4, -0.2) is 26.6 Å². The molecule has 2 aromatic carbocycles. The topological polar surface area (TPSA) is 98.2 Å². The predicted molar refractivity (Wildman–Crippen MR) is 88.7 cm³/mol. The molecule has 0 aliphatic heterocycles. The molecule has 1 aromatic heterocycles. The molecule has 7 nitrogen and oxygen atoms in total. The molecule has 0 bridgehead atoms. The van der Waals surface area contributed by atoms with Gasteiger partial charge in [-0.25, -0.2) is 10.1 Å². The van der Waals surface area contributed by atoms with Crippen LogP contribution in [0.5, 0.6) is 0 Å². The number of fused-ring (bicyclic) bond motifs is 1. The van der Waals surface area contributed by atoms with Crippen molar-refractivity contribution in [1.82, 2.24) is 20.4 Å². The Balaban J connectivity index is 1.67. The van der Waals surface area contributed by atoms with Crippen molar-refractivity contribution in [3.8, 4) is 0 Å². The summed E-state index contributed by atoms with van der Waals surface area (Å²) in [5, 5.41) is 12.1. The van der Waals surface area contributed by atoms with E-state index in [0.29, 0.717) is 11.4 Å². The van der Waals surface area contributed by atoms with Gasteiger partial charge in [-0.3, -0.25) is 4.79 Å². The number of aromatic nitrogens is 3. The molecule has 0 spiro atoms. The molecule has 3 rings (SSSR count). The molecule has 3 N–H and O–H groups in total. The molecule has 0 unspecified atom stereocenters. The molecule has 0 aliphatic rings. The predicted octanol–water partition coefficient (Wildman–Crippen LogP) is 1.55. The van der Waals surface area contributed by atoms with Gasteiger partial charge in [-0.2, -0.15) is 5.10 Å². The summed E-state index contributed by atoms with van der Waals surface area (Å²) >= 11 is 0. The number of anilines is 1. The monoisotopic (exact) mass is 308 g/mol. The molecular formula is C16H16N6O. The van der Waals surface area contributed by atoms with Gasteiger partial charge in [0, 0.05) is 5.69 Å². The van der Waals surface area contributed by atoms with Gasteiger partial charge in [0.1, 0.15) is 12.1 Å². The first-order chi connectivity index (χ1) is 11.1. The number of carbonyl (C=O) groups is 1. The fraction of sp³-hybridized carbons (Fsp3) is 0.125. The van der Waals surface area contributed by atoms with E-state index in [2.05, 4.69) is 20.8 Å². The van der Waals surface area contributed by atoms with Crippen LogP contribution in [-0.2, 0) is 11.3 Å².